The van der Waals surface area contributed by atoms with E-state index in [4.69, 9.17) is 24.9 Å². The molecule has 0 unspecified atom stereocenters. The molecule has 0 aliphatic rings. The van der Waals surface area contributed by atoms with Crippen LogP contribution in [0.15, 0.2) is 54.7 Å². The largest absolute Gasteiger partial charge is 0.481 e. The normalized spacial score (nSPS) is 12.1. The van der Waals surface area contributed by atoms with Crippen LogP contribution in [0.25, 0.3) is 11.3 Å². The van der Waals surface area contributed by atoms with Crippen LogP contribution in [-0.2, 0) is 37.1 Å². The van der Waals surface area contributed by atoms with Crippen LogP contribution in [0.2, 0.25) is 25.7 Å². The molecule has 2 aromatic carbocycles. The molecule has 0 radical (unpaired) electrons. The van der Waals surface area contributed by atoms with Gasteiger partial charge in [-0.2, -0.15) is 0 Å². The number of benzene rings is 2. The summed E-state index contributed by atoms with van der Waals surface area (Å²) in [6.45, 7) is 11.9. The highest BCUT2D eigenvalue weighted by Crippen LogP contribution is 2.30. The van der Waals surface area contributed by atoms with Crippen LogP contribution in [0.3, 0.4) is 0 Å². The van der Waals surface area contributed by atoms with Crippen molar-refractivity contribution in [1.82, 2.24) is 19.8 Å². The second-order valence-corrected chi connectivity index (χ2v) is 19.7. The van der Waals surface area contributed by atoms with Gasteiger partial charge in [-0.1, -0.05) is 50.0 Å². The molecule has 51 heavy (non-hydrogen) atoms. The number of ether oxygens (including phenoxy) is 4. The highest BCUT2D eigenvalue weighted by molar-refractivity contribution is 6.76. The fourth-order valence-electron chi connectivity index (χ4n) is 4.66. The highest BCUT2D eigenvalue weighted by atomic mass is 28.3. The lowest BCUT2D eigenvalue weighted by Gasteiger charge is -2.30. The summed E-state index contributed by atoms with van der Waals surface area (Å²) in [6.07, 6.45) is -0.876. The predicted molar refractivity (Wildman–Crippen MR) is 195 cm³/mol. The lowest BCUT2D eigenvalue weighted by molar-refractivity contribution is -0.137. The number of aliphatic carboxylic acids is 1. The van der Waals surface area contributed by atoms with Gasteiger partial charge in [-0.3, -0.25) is 10.1 Å². The Morgan fingerprint density at radius 3 is 2.37 bits per heavy atom. The van der Waals surface area contributed by atoms with Crippen LogP contribution in [0, 0.1) is 0 Å². The van der Waals surface area contributed by atoms with Crippen LogP contribution in [0.4, 0.5) is 25.8 Å². The molecule has 0 saturated heterocycles. The van der Waals surface area contributed by atoms with E-state index in [-0.39, 0.29) is 38.7 Å². The van der Waals surface area contributed by atoms with Crippen molar-refractivity contribution >= 4 is 43.7 Å². The Labute approximate surface area is 299 Å². The first-order valence-electron chi connectivity index (χ1n) is 16.5. The number of nitrogens with one attached hydrogen (secondary N) is 2. The van der Waals surface area contributed by atoms with Crippen molar-refractivity contribution in [2.24, 2.45) is 0 Å². The number of aromatic nitrogens is 2. The molecule has 1 heterocycles. The SMILES string of the molecule is COC(=O)Nc1ccc(-c2cn(COCC[Si](C)(C)C)c([C@H](CN(CCC(=O)O)C(=O)OC(C)(C)C)NC(=O)OCc3ccccc3)n2)c(N)c1. The maximum atomic E-state index is 13.4. The number of carbonyl (C=O) groups excluding carboxylic acids is 3. The zero-order valence-corrected chi connectivity index (χ0v) is 31.4. The number of nitrogens with two attached hydrogens (primary N) is 1. The first-order chi connectivity index (χ1) is 23.9. The minimum Gasteiger partial charge on any atom is -0.481 e. The number of methoxy groups -OCH3 is 1. The Balaban J connectivity index is 2.07. The molecule has 0 spiro atoms. The number of rotatable bonds is 16. The first-order valence-corrected chi connectivity index (χ1v) is 20.2. The Morgan fingerprint density at radius 1 is 1.06 bits per heavy atom. The standard InChI is InChI=1S/C35H50N6O9Si/c1-35(2,3)50-34(46)40(16-15-30(42)43)21-29(39-33(45)49-22-24-11-9-8-10-12-24)31-38-28(20-41(31)23-48-17-18-51(5,6)7)26-14-13-25(19-27(26)36)37-32(44)47-4/h8-14,19-20,29H,15-18,21-23,36H2,1-7H3,(H,37,44)(H,39,45)(H,42,43)/t29-/m0/s1. The molecule has 1 atom stereocenters. The topological polar surface area (TPSA) is 197 Å². The monoisotopic (exact) mass is 726 g/mol. The smallest absolute Gasteiger partial charge is 0.411 e. The number of nitrogen functional groups attached to an aromatic ring is 1. The second kappa shape index (κ2) is 18.2. The Hall–Kier alpha value is -5.09. The molecule has 16 heteroatoms. The van der Waals surface area contributed by atoms with Crippen LogP contribution < -0.4 is 16.4 Å². The van der Waals surface area contributed by atoms with Gasteiger partial charge < -0.3 is 44.6 Å². The van der Waals surface area contributed by atoms with E-state index < -0.39 is 44.0 Å². The molecule has 278 valence electrons. The maximum Gasteiger partial charge on any atom is 0.411 e. The average Bonchev–Trinajstić information content (AvgIpc) is 3.46. The Morgan fingerprint density at radius 2 is 1.76 bits per heavy atom. The number of amides is 3. The van der Waals surface area contributed by atoms with Crippen molar-refractivity contribution in [2.45, 2.75) is 77.9 Å². The fourth-order valence-corrected chi connectivity index (χ4v) is 5.42. The summed E-state index contributed by atoms with van der Waals surface area (Å²) in [4.78, 5) is 56.1. The molecule has 0 aliphatic heterocycles. The number of alkyl carbamates (subject to hydrolysis) is 1. The highest BCUT2D eigenvalue weighted by Gasteiger charge is 2.30. The zero-order chi connectivity index (χ0) is 37.8. The summed E-state index contributed by atoms with van der Waals surface area (Å²) >= 11 is 0. The molecule has 3 aromatic rings. The third-order valence-corrected chi connectivity index (χ3v) is 8.96. The van der Waals surface area contributed by atoms with Gasteiger partial charge in [0.25, 0.3) is 0 Å². The van der Waals surface area contributed by atoms with Crippen molar-refractivity contribution < 1.29 is 43.2 Å². The minimum absolute atomic E-state index is 0.0177. The van der Waals surface area contributed by atoms with Gasteiger partial charge in [0.05, 0.1) is 25.8 Å². The Bertz CT molecular complexity index is 1640. The number of carbonyl (C=O) groups is 4. The van der Waals surface area contributed by atoms with Crippen LogP contribution in [0.5, 0.6) is 0 Å². The van der Waals surface area contributed by atoms with Gasteiger partial charge in [-0.25, -0.2) is 19.4 Å². The van der Waals surface area contributed by atoms with Crippen LogP contribution in [-0.4, -0.2) is 84.3 Å². The number of nitrogens with zero attached hydrogens (tertiary/aromatic N) is 3. The van der Waals surface area contributed by atoms with Gasteiger partial charge in [0.1, 0.15) is 30.8 Å². The summed E-state index contributed by atoms with van der Waals surface area (Å²) in [5.41, 5.74) is 7.94. The van der Waals surface area contributed by atoms with E-state index in [1.54, 1.807) is 49.7 Å². The van der Waals surface area contributed by atoms with Crippen LogP contribution >= 0.6 is 0 Å². The molecule has 1 aromatic heterocycles. The summed E-state index contributed by atoms with van der Waals surface area (Å²) in [7, 11) is -0.172. The number of imidazole rings is 1. The van der Waals surface area contributed by atoms with Gasteiger partial charge in [-0.15, -0.1) is 0 Å². The van der Waals surface area contributed by atoms with Crippen molar-refractivity contribution in [1.29, 1.82) is 0 Å². The predicted octanol–water partition coefficient (Wildman–Crippen LogP) is 6.30. The van der Waals surface area contributed by atoms with E-state index in [0.717, 1.165) is 11.6 Å². The number of anilines is 2. The van der Waals surface area contributed by atoms with Crippen molar-refractivity contribution in [3.05, 3.63) is 66.1 Å². The molecule has 3 rings (SSSR count). The van der Waals surface area contributed by atoms with E-state index in [2.05, 4.69) is 35.0 Å². The molecule has 0 bridgehead atoms. The van der Waals surface area contributed by atoms with Gasteiger partial charge in [0, 0.05) is 44.4 Å². The summed E-state index contributed by atoms with van der Waals surface area (Å²) in [6, 6.07) is 13.9. The average molecular weight is 727 g/mol. The quantitative estimate of drug-likeness (QED) is 0.0559. The lowest BCUT2D eigenvalue weighted by atomic mass is 10.1. The van der Waals surface area contributed by atoms with E-state index in [1.165, 1.54) is 12.0 Å². The van der Waals surface area contributed by atoms with Crippen molar-refractivity contribution in [2.75, 3.05) is 37.9 Å². The van der Waals surface area contributed by atoms with Gasteiger partial charge in [-0.05, 0) is 50.6 Å². The summed E-state index contributed by atoms with van der Waals surface area (Å²) < 4.78 is 23.6. The zero-order valence-electron chi connectivity index (χ0n) is 30.4. The lowest BCUT2D eigenvalue weighted by Crippen LogP contribution is -2.44. The summed E-state index contributed by atoms with van der Waals surface area (Å²) in [5, 5.41) is 14.9. The number of hydrogen-bond donors (Lipinski definition) is 4. The molecule has 0 fully saturated rings. The first kappa shape index (κ1) is 40.3. The van der Waals surface area contributed by atoms with Gasteiger partial charge in [0.2, 0.25) is 0 Å². The second-order valence-electron chi connectivity index (χ2n) is 14.0. The summed E-state index contributed by atoms with van der Waals surface area (Å²) in [5.74, 6) is -0.828. The van der Waals surface area contributed by atoms with E-state index in [0.29, 0.717) is 29.2 Å². The van der Waals surface area contributed by atoms with Crippen LogP contribution in [0.1, 0.15) is 44.6 Å². The van der Waals surface area contributed by atoms with E-state index >= 15 is 0 Å². The number of hydrogen-bond acceptors (Lipinski definition) is 10. The number of carboxylic acids is 1. The van der Waals surface area contributed by atoms with Crippen molar-refractivity contribution in [3.63, 3.8) is 0 Å². The van der Waals surface area contributed by atoms with Gasteiger partial charge >= 0.3 is 24.2 Å². The molecular formula is C35H50N6O9Si. The number of carboxylic acid groups (broad SMARTS) is 1. The molecule has 0 saturated carbocycles. The molecule has 15 nitrogen and oxygen atoms in total. The molecule has 0 aliphatic carbocycles. The van der Waals surface area contributed by atoms with Crippen molar-refractivity contribution in [3.8, 4) is 11.3 Å². The van der Waals surface area contributed by atoms with E-state index in [9.17, 15) is 24.3 Å². The fraction of sp³-hybridized carbons (Fsp3) is 0.457. The Kier molecular flexibility index (Phi) is 14.4. The molecule has 3 amide bonds. The third-order valence-electron chi connectivity index (χ3n) is 7.26. The minimum atomic E-state index is -1.42. The molecular weight excluding hydrogens is 677 g/mol. The van der Waals surface area contributed by atoms with E-state index in [1.807, 2.05) is 30.3 Å². The van der Waals surface area contributed by atoms with Gasteiger partial charge in [0.15, 0.2) is 0 Å². The third kappa shape index (κ3) is 14.0. The molecule has 5 N–H and O–H groups in total. The maximum absolute atomic E-state index is 13.4.